The summed E-state index contributed by atoms with van der Waals surface area (Å²) in [5.74, 6) is 0. The predicted octanol–water partition coefficient (Wildman–Crippen LogP) is 1.52. The normalized spacial score (nSPS) is 11.2. The van der Waals surface area contributed by atoms with Crippen molar-refractivity contribution in [2.75, 3.05) is 6.26 Å². The maximum Gasteiger partial charge on any atom is 0.176 e. The predicted molar refractivity (Wildman–Crippen MR) is 52.1 cm³/mol. The highest BCUT2D eigenvalue weighted by atomic mass is 32.2. The van der Waals surface area contributed by atoms with Gasteiger partial charge in [0.05, 0.1) is 4.90 Å². The zero-order valence-electron chi connectivity index (χ0n) is 7.61. The van der Waals surface area contributed by atoms with Gasteiger partial charge in [0.1, 0.15) is 0 Å². The van der Waals surface area contributed by atoms with Gasteiger partial charge in [0.2, 0.25) is 0 Å². The van der Waals surface area contributed by atoms with Gasteiger partial charge >= 0.3 is 0 Å². The molecular weight excluding hydrogens is 186 g/mol. The fraction of sp³-hybridized carbons (Fsp3) is 0.222. The van der Waals surface area contributed by atoms with Gasteiger partial charge in [-0.2, -0.15) is 0 Å². The van der Waals surface area contributed by atoms with Crippen molar-refractivity contribution in [2.45, 2.75) is 11.8 Å². The lowest BCUT2D eigenvalue weighted by Crippen LogP contribution is -2.01. The molecule has 0 fully saturated rings. The molecule has 0 unspecified atom stereocenters. The number of nitrogens with zero attached hydrogens (tertiary/aromatic N) is 1. The average molecular weight is 197 g/mol. The molecule has 0 saturated carbocycles. The largest absolute Gasteiger partial charge is 0.264 e. The summed E-state index contributed by atoms with van der Waals surface area (Å²) in [4.78, 5) is 4.14. The maximum absolute atomic E-state index is 11.3. The number of aromatic nitrogens is 1. The Balaban J connectivity index is 3.46. The van der Waals surface area contributed by atoms with Crippen LogP contribution in [0.5, 0.6) is 0 Å². The maximum atomic E-state index is 11.3. The molecule has 0 amide bonds. The molecular formula is C9H11NO2S. The summed E-state index contributed by atoms with van der Waals surface area (Å²) in [5, 5.41) is 0. The Bertz CT molecular complexity index is 435. The molecule has 0 aliphatic rings. The molecule has 0 aliphatic heterocycles. The summed E-state index contributed by atoms with van der Waals surface area (Å²) >= 11 is 0. The average Bonchev–Trinajstić information content (AvgIpc) is 2.03. The summed E-state index contributed by atoms with van der Waals surface area (Å²) < 4.78 is 22.6. The molecule has 0 aliphatic carbocycles. The molecule has 1 aromatic rings. The first-order valence-electron chi connectivity index (χ1n) is 3.73. The Kier molecular flexibility index (Phi) is 2.52. The van der Waals surface area contributed by atoms with Crippen LogP contribution >= 0.6 is 0 Å². The highest BCUT2D eigenvalue weighted by Crippen LogP contribution is 2.20. The molecule has 1 heterocycles. The van der Waals surface area contributed by atoms with E-state index >= 15 is 0 Å². The molecule has 0 N–H and O–H groups in total. The second kappa shape index (κ2) is 3.30. The molecule has 1 rings (SSSR count). The van der Waals surface area contributed by atoms with E-state index < -0.39 is 9.84 Å². The SMILES string of the molecule is C=C(C)c1cnccc1S(C)(=O)=O. The number of allylic oxidation sites excluding steroid dienone is 1. The van der Waals surface area contributed by atoms with E-state index in [0.717, 1.165) is 0 Å². The highest BCUT2D eigenvalue weighted by molar-refractivity contribution is 7.90. The molecule has 13 heavy (non-hydrogen) atoms. The van der Waals surface area contributed by atoms with Gasteiger partial charge in [-0.1, -0.05) is 6.58 Å². The number of pyridine rings is 1. The van der Waals surface area contributed by atoms with Gasteiger partial charge in [0.25, 0.3) is 0 Å². The smallest absolute Gasteiger partial charge is 0.176 e. The van der Waals surface area contributed by atoms with Crippen LogP contribution in [-0.2, 0) is 9.84 Å². The van der Waals surface area contributed by atoms with Gasteiger partial charge in [-0.15, -0.1) is 0 Å². The van der Waals surface area contributed by atoms with Crippen molar-refractivity contribution in [1.82, 2.24) is 4.98 Å². The minimum absolute atomic E-state index is 0.287. The Labute approximate surface area is 78.0 Å². The molecule has 0 bridgehead atoms. The quantitative estimate of drug-likeness (QED) is 0.722. The number of sulfone groups is 1. The van der Waals surface area contributed by atoms with Crippen LogP contribution in [0.1, 0.15) is 12.5 Å². The Morgan fingerprint density at radius 3 is 2.54 bits per heavy atom. The molecule has 0 spiro atoms. The van der Waals surface area contributed by atoms with Gasteiger partial charge in [-0.05, 0) is 18.6 Å². The van der Waals surface area contributed by atoms with E-state index in [1.807, 2.05) is 0 Å². The van der Waals surface area contributed by atoms with Crippen LogP contribution in [0.3, 0.4) is 0 Å². The van der Waals surface area contributed by atoms with Crippen molar-refractivity contribution >= 4 is 15.4 Å². The number of rotatable bonds is 2. The van der Waals surface area contributed by atoms with E-state index in [2.05, 4.69) is 11.6 Å². The van der Waals surface area contributed by atoms with E-state index in [0.29, 0.717) is 11.1 Å². The Morgan fingerprint density at radius 1 is 1.54 bits per heavy atom. The van der Waals surface area contributed by atoms with E-state index in [9.17, 15) is 8.42 Å². The summed E-state index contributed by atoms with van der Waals surface area (Å²) in [7, 11) is -3.18. The van der Waals surface area contributed by atoms with Crippen molar-refractivity contribution in [3.05, 3.63) is 30.6 Å². The first-order chi connectivity index (χ1) is 5.93. The number of hydrogen-bond acceptors (Lipinski definition) is 3. The van der Waals surface area contributed by atoms with Crippen molar-refractivity contribution < 1.29 is 8.42 Å². The van der Waals surface area contributed by atoms with Crippen molar-refractivity contribution in [3.63, 3.8) is 0 Å². The van der Waals surface area contributed by atoms with Crippen LogP contribution in [0.25, 0.3) is 5.57 Å². The van der Waals surface area contributed by atoms with Gasteiger partial charge < -0.3 is 0 Å². The minimum atomic E-state index is -3.18. The third-order valence-electron chi connectivity index (χ3n) is 1.64. The summed E-state index contributed by atoms with van der Waals surface area (Å²) in [6.45, 7) is 5.45. The molecule has 1 aromatic heterocycles. The van der Waals surface area contributed by atoms with Crippen LogP contribution in [0.2, 0.25) is 0 Å². The first-order valence-corrected chi connectivity index (χ1v) is 5.62. The zero-order valence-corrected chi connectivity index (χ0v) is 8.43. The van der Waals surface area contributed by atoms with E-state index in [1.165, 1.54) is 24.7 Å². The van der Waals surface area contributed by atoms with E-state index in [4.69, 9.17) is 0 Å². The molecule has 0 aromatic carbocycles. The second-order valence-electron chi connectivity index (χ2n) is 2.92. The third-order valence-corrected chi connectivity index (χ3v) is 2.80. The topological polar surface area (TPSA) is 47.0 Å². The first kappa shape index (κ1) is 9.92. The number of hydrogen-bond donors (Lipinski definition) is 0. The highest BCUT2D eigenvalue weighted by Gasteiger charge is 2.12. The van der Waals surface area contributed by atoms with Crippen LogP contribution in [0, 0.1) is 0 Å². The van der Waals surface area contributed by atoms with Crippen LogP contribution < -0.4 is 0 Å². The molecule has 0 radical (unpaired) electrons. The van der Waals surface area contributed by atoms with Crippen molar-refractivity contribution in [3.8, 4) is 0 Å². The Morgan fingerprint density at radius 2 is 2.15 bits per heavy atom. The fourth-order valence-corrected chi connectivity index (χ4v) is 1.96. The summed E-state index contributed by atoms with van der Waals surface area (Å²) in [6, 6.07) is 1.49. The molecule has 3 nitrogen and oxygen atoms in total. The zero-order chi connectivity index (χ0) is 10.1. The Hall–Kier alpha value is -1.16. The third kappa shape index (κ3) is 2.15. The summed E-state index contributed by atoms with van der Waals surface area (Å²) in [6.07, 6.45) is 4.15. The van der Waals surface area contributed by atoms with Gasteiger partial charge in [-0.25, -0.2) is 8.42 Å². The van der Waals surface area contributed by atoms with Crippen LogP contribution in [-0.4, -0.2) is 19.7 Å². The van der Waals surface area contributed by atoms with Crippen LogP contribution in [0.15, 0.2) is 29.9 Å². The fourth-order valence-electron chi connectivity index (χ4n) is 1.03. The minimum Gasteiger partial charge on any atom is -0.264 e. The van der Waals surface area contributed by atoms with Gasteiger partial charge in [0.15, 0.2) is 9.84 Å². The van der Waals surface area contributed by atoms with Gasteiger partial charge in [-0.3, -0.25) is 4.98 Å². The van der Waals surface area contributed by atoms with Crippen molar-refractivity contribution in [1.29, 1.82) is 0 Å². The van der Waals surface area contributed by atoms with Crippen LogP contribution in [0.4, 0.5) is 0 Å². The lowest BCUT2D eigenvalue weighted by molar-refractivity contribution is 0.601. The monoisotopic (exact) mass is 197 g/mol. The second-order valence-corrected chi connectivity index (χ2v) is 4.91. The molecule has 0 saturated heterocycles. The molecule has 4 heteroatoms. The van der Waals surface area contributed by atoms with E-state index in [1.54, 1.807) is 6.92 Å². The lowest BCUT2D eigenvalue weighted by atomic mass is 10.1. The van der Waals surface area contributed by atoms with E-state index in [-0.39, 0.29) is 4.90 Å². The van der Waals surface area contributed by atoms with Crippen molar-refractivity contribution in [2.24, 2.45) is 0 Å². The summed E-state index contributed by atoms with van der Waals surface area (Å²) in [5.41, 5.74) is 1.29. The molecule has 0 atom stereocenters. The molecule has 70 valence electrons. The lowest BCUT2D eigenvalue weighted by Gasteiger charge is -2.05. The standard InChI is InChI=1S/C9H11NO2S/c1-7(2)8-6-10-5-4-9(8)13(3,11)12/h4-6H,1H2,2-3H3. The van der Waals surface area contributed by atoms with Gasteiger partial charge in [0, 0.05) is 24.2 Å².